The summed E-state index contributed by atoms with van der Waals surface area (Å²) < 4.78 is 0. The van der Waals surface area contributed by atoms with Gasteiger partial charge in [0.25, 0.3) is 0 Å². The van der Waals surface area contributed by atoms with E-state index in [9.17, 15) is 0 Å². The molecule has 1 aromatic rings. The zero-order chi connectivity index (χ0) is 10.1. The second-order valence-electron chi connectivity index (χ2n) is 3.69. The van der Waals surface area contributed by atoms with Gasteiger partial charge in [-0.25, -0.2) is 0 Å². The first-order chi connectivity index (χ1) is 5.99. The Morgan fingerprint density at radius 2 is 1.86 bits per heavy atom. The molecule has 0 saturated carbocycles. The minimum atomic E-state index is -0.123. The Morgan fingerprint density at radius 1 is 1.29 bits per heavy atom. The number of benzene rings is 1. The van der Waals surface area contributed by atoms with Gasteiger partial charge in [0.15, 0.2) is 0 Å². The molecule has 0 radical (unpaired) electrons. The fourth-order valence-corrected chi connectivity index (χ4v) is 1.69. The van der Waals surface area contributed by atoms with Crippen LogP contribution in [0.15, 0.2) is 18.2 Å². The number of nitrogens with two attached hydrogens (primary N) is 1. The predicted molar refractivity (Wildman–Crippen MR) is 65.3 cm³/mol. The van der Waals surface area contributed by atoms with Crippen molar-refractivity contribution in [2.45, 2.75) is 26.7 Å². The van der Waals surface area contributed by atoms with E-state index in [0.29, 0.717) is 16.6 Å². The smallest absolute Gasteiger partial charge is 0.0630 e. The van der Waals surface area contributed by atoms with Crippen LogP contribution in [0.3, 0.4) is 0 Å². The molecule has 0 atom stereocenters. The van der Waals surface area contributed by atoms with Gasteiger partial charge >= 0.3 is 0 Å². The zero-order valence-electron chi connectivity index (χ0n) is 7.77. The Balaban J connectivity index is 0.00000169. The highest BCUT2D eigenvalue weighted by Gasteiger charge is 2.22. The summed E-state index contributed by atoms with van der Waals surface area (Å²) in [5.74, 6) is 0. The normalized spacial score (nSPS) is 10.9. The summed E-state index contributed by atoms with van der Waals surface area (Å²) in [6, 6.07) is 5.63. The third kappa shape index (κ3) is 2.63. The lowest BCUT2D eigenvalue weighted by molar-refractivity contribution is 0.539. The second-order valence-corrected chi connectivity index (χ2v) is 4.47. The van der Waals surface area contributed by atoms with E-state index in [1.54, 1.807) is 6.07 Å². The third-order valence-corrected chi connectivity index (χ3v) is 3.01. The molecule has 0 aliphatic heterocycles. The van der Waals surface area contributed by atoms with Gasteiger partial charge in [-0.05, 0) is 11.6 Å². The highest BCUT2D eigenvalue weighted by molar-refractivity contribution is 6.42. The lowest BCUT2D eigenvalue weighted by atomic mass is 9.85. The van der Waals surface area contributed by atoms with E-state index >= 15 is 0 Å². The Labute approximate surface area is 96.2 Å². The fraction of sp³-hybridized carbons (Fsp3) is 0.455. The Kier molecular flexibility index (Phi) is 4.93. The van der Waals surface area contributed by atoms with E-state index in [-0.39, 0.29) is 12.8 Å². The molecule has 0 aromatic heterocycles. The van der Waals surface area contributed by atoms with Crippen LogP contribution in [0.1, 0.15) is 26.8 Å². The van der Waals surface area contributed by atoms with Crippen molar-refractivity contribution >= 4 is 23.2 Å². The third-order valence-electron chi connectivity index (χ3n) is 2.19. The van der Waals surface area contributed by atoms with Crippen LogP contribution in [0.5, 0.6) is 0 Å². The summed E-state index contributed by atoms with van der Waals surface area (Å²) in [5.41, 5.74) is 6.54. The Hall–Kier alpha value is -0.240. The molecule has 3 heteroatoms. The van der Waals surface area contributed by atoms with Crippen molar-refractivity contribution in [2.75, 3.05) is 6.54 Å². The molecule has 0 heterocycles. The van der Waals surface area contributed by atoms with Crippen LogP contribution in [-0.2, 0) is 5.41 Å². The van der Waals surface area contributed by atoms with Gasteiger partial charge in [-0.3, -0.25) is 0 Å². The van der Waals surface area contributed by atoms with Crippen LogP contribution in [-0.4, -0.2) is 6.54 Å². The topological polar surface area (TPSA) is 26.0 Å². The molecule has 0 bridgehead atoms. The molecule has 1 nitrogen and oxygen atoms in total. The first-order valence-corrected chi connectivity index (χ1v) is 4.89. The number of halogens is 2. The predicted octanol–water partition coefficient (Wildman–Crippen LogP) is 3.87. The van der Waals surface area contributed by atoms with Gasteiger partial charge in [0, 0.05) is 12.0 Å². The van der Waals surface area contributed by atoms with Gasteiger partial charge < -0.3 is 5.73 Å². The highest BCUT2D eigenvalue weighted by Crippen LogP contribution is 2.33. The molecule has 0 saturated heterocycles. The molecule has 0 aliphatic rings. The Bertz CT molecular complexity index is 308. The molecule has 2 N–H and O–H groups in total. The molecular formula is C11H17Cl2N. The van der Waals surface area contributed by atoms with E-state index in [1.807, 2.05) is 26.0 Å². The van der Waals surface area contributed by atoms with E-state index in [0.717, 1.165) is 5.56 Å². The first-order valence-electron chi connectivity index (χ1n) is 4.13. The standard InChI is InChI=1S/C10H13Cl2N.CH4/c1-10(2,6-13)7-4-3-5-8(11)9(7)12;/h3-5H,6,13H2,1-2H3;1H4. The van der Waals surface area contributed by atoms with Crippen molar-refractivity contribution < 1.29 is 0 Å². The van der Waals surface area contributed by atoms with E-state index in [1.165, 1.54) is 0 Å². The zero-order valence-corrected chi connectivity index (χ0v) is 9.28. The maximum absolute atomic E-state index is 6.07. The number of rotatable bonds is 2. The lowest BCUT2D eigenvalue weighted by Gasteiger charge is -2.24. The van der Waals surface area contributed by atoms with Crippen molar-refractivity contribution in [2.24, 2.45) is 5.73 Å². The summed E-state index contributed by atoms with van der Waals surface area (Å²) in [6.07, 6.45) is 0. The summed E-state index contributed by atoms with van der Waals surface area (Å²) in [7, 11) is 0. The van der Waals surface area contributed by atoms with Crippen LogP contribution in [0.25, 0.3) is 0 Å². The SMILES string of the molecule is C.CC(C)(CN)c1cccc(Cl)c1Cl. The first kappa shape index (κ1) is 13.8. The molecule has 1 aromatic carbocycles. The lowest BCUT2D eigenvalue weighted by Crippen LogP contribution is -2.28. The van der Waals surface area contributed by atoms with Crippen LogP contribution in [0.4, 0.5) is 0 Å². The maximum atomic E-state index is 6.07. The number of hydrogen-bond donors (Lipinski definition) is 1. The van der Waals surface area contributed by atoms with Crippen molar-refractivity contribution in [3.05, 3.63) is 33.8 Å². The summed E-state index contributed by atoms with van der Waals surface area (Å²) in [6.45, 7) is 4.64. The van der Waals surface area contributed by atoms with Crippen LogP contribution >= 0.6 is 23.2 Å². The number of hydrogen-bond acceptors (Lipinski definition) is 1. The van der Waals surface area contributed by atoms with Crippen LogP contribution in [0, 0.1) is 0 Å². The van der Waals surface area contributed by atoms with Gasteiger partial charge in [0.2, 0.25) is 0 Å². The van der Waals surface area contributed by atoms with Gasteiger partial charge in [0.05, 0.1) is 10.0 Å². The molecule has 14 heavy (non-hydrogen) atoms. The fourth-order valence-electron chi connectivity index (χ4n) is 1.14. The van der Waals surface area contributed by atoms with Crippen LogP contribution < -0.4 is 5.73 Å². The molecule has 0 fully saturated rings. The van der Waals surface area contributed by atoms with E-state index in [2.05, 4.69) is 0 Å². The van der Waals surface area contributed by atoms with Gasteiger partial charge in [0.1, 0.15) is 0 Å². The monoisotopic (exact) mass is 233 g/mol. The minimum absolute atomic E-state index is 0. The minimum Gasteiger partial charge on any atom is -0.330 e. The summed E-state index contributed by atoms with van der Waals surface area (Å²) >= 11 is 12.0. The van der Waals surface area contributed by atoms with E-state index < -0.39 is 0 Å². The van der Waals surface area contributed by atoms with Crippen molar-refractivity contribution in [1.82, 2.24) is 0 Å². The highest BCUT2D eigenvalue weighted by atomic mass is 35.5. The maximum Gasteiger partial charge on any atom is 0.0630 e. The average molecular weight is 234 g/mol. The Morgan fingerprint density at radius 3 is 2.36 bits per heavy atom. The molecule has 0 unspecified atom stereocenters. The molecule has 0 spiro atoms. The van der Waals surface area contributed by atoms with Crippen molar-refractivity contribution in [3.8, 4) is 0 Å². The van der Waals surface area contributed by atoms with Gasteiger partial charge in [-0.1, -0.05) is 56.6 Å². The van der Waals surface area contributed by atoms with Gasteiger partial charge in [-0.2, -0.15) is 0 Å². The van der Waals surface area contributed by atoms with Crippen molar-refractivity contribution in [1.29, 1.82) is 0 Å². The molecule has 0 amide bonds. The molecule has 1 rings (SSSR count). The van der Waals surface area contributed by atoms with Crippen molar-refractivity contribution in [3.63, 3.8) is 0 Å². The average Bonchev–Trinajstić information content (AvgIpc) is 2.09. The summed E-state index contributed by atoms with van der Waals surface area (Å²) in [5, 5.41) is 1.19. The van der Waals surface area contributed by atoms with E-state index in [4.69, 9.17) is 28.9 Å². The molecule has 80 valence electrons. The molecule has 0 aliphatic carbocycles. The van der Waals surface area contributed by atoms with Crippen LogP contribution in [0.2, 0.25) is 10.0 Å². The largest absolute Gasteiger partial charge is 0.330 e. The van der Waals surface area contributed by atoms with Gasteiger partial charge in [-0.15, -0.1) is 0 Å². The molecular weight excluding hydrogens is 217 g/mol. The quantitative estimate of drug-likeness (QED) is 0.825. The summed E-state index contributed by atoms with van der Waals surface area (Å²) in [4.78, 5) is 0. The second kappa shape index (κ2) is 5.01.